The maximum atomic E-state index is 14.0. The second kappa shape index (κ2) is 5.63. The zero-order valence-corrected chi connectivity index (χ0v) is 11.3. The summed E-state index contributed by atoms with van der Waals surface area (Å²) in [5.41, 5.74) is -2.07. The highest BCUT2D eigenvalue weighted by atomic mass is 19.4. The van der Waals surface area contributed by atoms with Crippen LogP contribution in [0, 0.1) is 11.7 Å². The second-order valence-electron chi connectivity index (χ2n) is 5.18. The van der Waals surface area contributed by atoms with E-state index in [0.717, 1.165) is 12.1 Å². The van der Waals surface area contributed by atoms with Crippen molar-refractivity contribution in [1.82, 2.24) is 4.90 Å². The molecule has 1 aliphatic rings. The number of alkyl halides is 3. The molecule has 0 radical (unpaired) electrons. The van der Waals surface area contributed by atoms with Crippen molar-refractivity contribution in [2.45, 2.75) is 25.6 Å². The zero-order valence-electron chi connectivity index (χ0n) is 11.3. The van der Waals surface area contributed by atoms with Gasteiger partial charge in [0.2, 0.25) is 0 Å². The highest BCUT2D eigenvalue weighted by Crippen LogP contribution is 2.33. The molecule has 0 bridgehead atoms. The molecule has 1 amide bonds. The minimum Gasteiger partial charge on any atom is -0.394 e. The average Bonchev–Trinajstić information content (AvgIpc) is 2.78. The highest BCUT2D eigenvalue weighted by molar-refractivity contribution is 5.95. The van der Waals surface area contributed by atoms with E-state index in [-0.39, 0.29) is 12.5 Å². The smallest absolute Gasteiger partial charge is 0.394 e. The van der Waals surface area contributed by atoms with E-state index in [2.05, 4.69) is 0 Å². The molecule has 21 heavy (non-hydrogen) atoms. The standard InChI is InChI=1S/C14H15F4NO2/c1-8-5-6-19(11(8)7-20)13(21)9-3-2-4-10(12(9)15)14(16,17)18/h2-4,8,11,20H,5-7H2,1H3. The van der Waals surface area contributed by atoms with Gasteiger partial charge in [-0.15, -0.1) is 0 Å². The highest BCUT2D eigenvalue weighted by Gasteiger charge is 2.39. The van der Waals surface area contributed by atoms with E-state index in [1.165, 1.54) is 4.90 Å². The van der Waals surface area contributed by atoms with Crippen molar-refractivity contribution in [3.05, 3.63) is 35.1 Å². The fourth-order valence-corrected chi connectivity index (χ4v) is 2.61. The summed E-state index contributed by atoms with van der Waals surface area (Å²) in [6, 6.07) is 2.14. The number of benzene rings is 1. The molecule has 0 aromatic heterocycles. The lowest BCUT2D eigenvalue weighted by molar-refractivity contribution is -0.140. The Morgan fingerprint density at radius 3 is 2.67 bits per heavy atom. The first kappa shape index (κ1) is 15.8. The molecule has 2 unspecified atom stereocenters. The number of likely N-dealkylation sites (tertiary alicyclic amines) is 1. The topological polar surface area (TPSA) is 40.5 Å². The first-order chi connectivity index (χ1) is 9.77. The predicted molar refractivity (Wildman–Crippen MR) is 67.1 cm³/mol. The Hall–Kier alpha value is -1.63. The Bertz CT molecular complexity index is 544. The zero-order chi connectivity index (χ0) is 15.8. The van der Waals surface area contributed by atoms with E-state index in [4.69, 9.17) is 0 Å². The summed E-state index contributed by atoms with van der Waals surface area (Å²) in [6.07, 6.45) is -4.23. The molecular formula is C14H15F4NO2. The monoisotopic (exact) mass is 305 g/mol. The maximum absolute atomic E-state index is 14.0. The summed E-state index contributed by atoms with van der Waals surface area (Å²) in [4.78, 5) is 13.5. The van der Waals surface area contributed by atoms with E-state index in [0.29, 0.717) is 19.0 Å². The SMILES string of the molecule is CC1CCN(C(=O)c2cccc(C(F)(F)F)c2F)C1CO. The molecule has 2 atom stereocenters. The van der Waals surface area contributed by atoms with Crippen LogP contribution in [0.15, 0.2) is 18.2 Å². The van der Waals surface area contributed by atoms with Gasteiger partial charge in [-0.3, -0.25) is 4.79 Å². The van der Waals surface area contributed by atoms with Crippen LogP contribution in [0.2, 0.25) is 0 Å². The van der Waals surface area contributed by atoms with E-state index in [9.17, 15) is 27.5 Å². The van der Waals surface area contributed by atoms with Gasteiger partial charge in [-0.25, -0.2) is 4.39 Å². The van der Waals surface area contributed by atoms with Gasteiger partial charge in [-0.1, -0.05) is 13.0 Å². The van der Waals surface area contributed by atoms with Crippen molar-refractivity contribution in [2.75, 3.05) is 13.2 Å². The van der Waals surface area contributed by atoms with Gasteiger partial charge in [0, 0.05) is 6.54 Å². The molecule has 0 aliphatic carbocycles. The summed E-state index contributed by atoms with van der Waals surface area (Å²) in [5.74, 6) is -2.36. The van der Waals surface area contributed by atoms with Gasteiger partial charge >= 0.3 is 6.18 Å². The number of carbonyl (C=O) groups excluding carboxylic acids is 1. The number of nitrogens with zero attached hydrogens (tertiary/aromatic N) is 1. The van der Waals surface area contributed by atoms with Crippen molar-refractivity contribution < 1.29 is 27.5 Å². The molecule has 7 heteroatoms. The normalized spacial score (nSPS) is 22.7. The maximum Gasteiger partial charge on any atom is 0.419 e. The summed E-state index contributed by atoms with van der Waals surface area (Å²) >= 11 is 0. The molecule has 1 heterocycles. The van der Waals surface area contributed by atoms with Gasteiger partial charge < -0.3 is 10.0 Å². The number of rotatable bonds is 2. The molecule has 2 rings (SSSR count). The molecule has 1 aromatic carbocycles. The van der Waals surface area contributed by atoms with Crippen LogP contribution in [0.3, 0.4) is 0 Å². The van der Waals surface area contributed by atoms with Crippen molar-refractivity contribution in [2.24, 2.45) is 5.92 Å². The Morgan fingerprint density at radius 1 is 1.43 bits per heavy atom. The first-order valence-corrected chi connectivity index (χ1v) is 6.55. The predicted octanol–water partition coefficient (Wildman–Crippen LogP) is 2.69. The molecule has 1 fully saturated rings. The molecule has 1 aromatic rings. The van der Waals surface area contributed by atoms with Crippen molar-refractivity contribution >= 4 is 5.91 Å². The summed E-state index contributed by atoms with van der Waals surface area (Å²) in [6.45, 7) is 1.82. The number of aliphatic hydroxyl groups excluding tert-OH is 1. The lowest BCUT2D eigenvalue weighted by atomic mass is 10.0. The molecule has 1 N–H and O–H groups in total. The van der Waals surface area contributed by atoms with Crippen molar-refractivity contribution in [1.29, 1.82) is 0 Å². The van der Waals surface area contributed by atoms with Crippen LogP contribution in [0.5, 0.6) is 0 Å². The molecular weight excluding hydrogens is 290 g/mol. The molecule has 0 spiro atoms. The van der Waals surface area contributed by atoms with E-state index < -0.39 is 35.1 Å². The van der Waals surface area contributed by atoms with Gasteiger partial charge in [-0.2, -0.15) is 13.2 Å². The van der Waals surface area contributed by atoms with Crippen LogP contribution in [0.1, 0.15) is 29.3 Å². The Labute approximate surface area is 119 Å². The van der Waals surface area contributed by atoms with Gasteiger partial charge in [0.1, 0.15) is 5.82 Å². The Balaban J connectivity index is 2.37. The first-order valence-electron chi connectivity index (χ1n) is 6.55. The third-order valence-electron chi connectivity index (χ3n) is 3.86. The van der Waals surface area contributed by atoms with Crippen LogP contribution in [-0.2, 0) is 6.18 Å². The van der Waals surface area contributed by atoms with E-state index in [1.807, 2.05) is 6.92 Å². The molecule has 116 valence electrons. The lowest BCUT2D eigenvalue weighted by Gasteiger charge is -2.25. The minimum atomic E-state index is -4.85. The molecule has 1 aliphatic heterocycles. The van der Waals surface area contributed by atoms with Crippen molar-refractivity contribution in [3.63, 3.8) is 0 Å². The molecule has 1 saturated heterocycles. The number of halogens is 4. The number of aliphatic hydroxyl groups is 1. The number of hydrogen-bond acceptors (Lipinski definition) is 2. The fraction of sp³-hybridized carbons (Fsp3) is 0.500. The molecule has 3 nitrogen and oxygen atoms in total. The van der Waals surface area contributed by atoms with E-state index >= 15 is 0 Å². The van der Waals surface area contributed by atoms with Crippen LogP contribution in [0.4, 0.5) is 17.6 Å². The fourth-order valence-electron chi connectivity index (χ4n) is 2.61. The van der Waals surface area contributed by atoms with Gasteiger partial charge in [0.15, 0.2) is 0 Å². The lowest BCUT2D eigenvalue weighted by Crippen LogP contribution is -2.40. The third kappa shape index (κ3) is 2.88. The number of carbonyl (C=O) groups is 1. The van der Waals surface area contributed by atoms with Gasteiger partial charge in [0.25, 0.3) is 5.91 Å². The quantitative estimate of drug-likeness (QED) is 0.854. The molecule has 0 saturated carbocycles. The summed E-state index contributed by atoms with van der Waals surface area (Å²) in [7, 11) is 0. The Kier molecular flexibility index (Phi) is 4.22. The van der Waals surface area contributed by atoms with E-state index in [1.54, 1.807) is 0 Å². The van der Waals surface area contributed by atoms with Crippen LogP contribution in [-0.4, -0.2) is 35.1 Å². The van der Waals surface area contributed by atoms with Crippen molar-refractivity contribution in [3.8, 4) is 0 Å². The second-order valence-corrected chi connectivity index (χ2v) is 5.18. The minimum absolute atomic E-state index is 0.0211. The summed E-state index contributed by atoms with van der Waals surface area (Å²) in [5, 5.41) is 9.29. The van der Waals surface area contributed by atoms with Gasteiger partial charge in [0.05, 0.1) is 23.8 Å². The third-order valence-corrected chi connectivity index (χ3v) is 3.86. The summed E-state index contributed by atoms with van der Waals surface area (Å²) < 4.78 is 52.0. The average molecular weight is 305 g/mol. The number of hydrogen-bond donors (Lipinski definition) is 1. The largest absolute Gasteiger partial charge is 0.419 e. The Morgan fingerprint density at radius 2 is 2.10 bits per heavy atom. The van der Waals surface area contributed by atoms with Crippen LogP contribution < -0.4 is 0 Å². The number of amides is 1. The van der Waals surface area contributed by atoms with Crippen LogP contribution >= 0.6 is 0 Å². The van der Waals surface area contributed by atoms with Crippen LogP contribution in [0.25, 0.3) is 0 Å². The van der Waals surface area contributed by atoms with Gasteiger partial charge in [-0.05, 0) is 24.5 Å².